The third-order valence-corrected chi connectivity index (χ3v) is 3.92. The van der Waals surface area contributed by atoms with Gasteiger partial charge in [0, 0.05) is 6.04 Å². The Morgan fingerprint density at radius 1 is 1.24 bits per heavy atom. The van der Waals surface area contributed by atoms with Crippen LogP contribution >= 0.6 is 0 Å². The highest BCUT2D eigenvalue weighted by Gasteiger charge is 2.42. The fourth-order valence-corrected chi connectivity index (χ4v) is 2.90. The minimum Gasteiger partial charge on any atom is -0.314 e. The maximum absolute atomic E-state index is 3.68. The van der Waals surface area contributed by atoms with E-state index in [1.54, 1.807) is 0 Å². The number of unbranched alkanes of at least 4 members (excludes halogenated alkanes) is 1. The molecule has 0 amide bonds. The summed E-state index contributed by atoms with van der Waals surface area (Å²) in [6, 6.07) is 11.8. The second-order valence-corrected chi connectivity index (χ2v) is 5.22. The van der Waals surface area contributed by atoms with Crippen molar-refractivity contribution in [3.8, 4) is 0 Å². The molecule has 1 aromatic rings. The Morgan fingerprint density at radius 2 is 2.00 bits per heavy atom. The van der Waals surface area contributed by atoms with Crippen LogP contribution in [0.15, 0.2) is 30.3 Å². The van der Waals surface area contributed by atoms with E-state index in [2.05, 4.69) is 49.5 Å². The van der Waals surface area contributed by atoms with Crippen LogP contribution in [0.25, 0.3) is 0 Å². The standard InChI is InChI=1S/C16H25N/c1-3-5-11-16(17-4-2)15-12-14(15)13-9-7-6-8-10-13/h6-10,14-17H,3-5,11-12H2,1-2H3. The number of nitrogens with one attached hydrogen (secondary N) is 1. The summed E-state index contributed by atoms with van der Waals surface area (Å²) in [6.45, 7) is 5.61. The van der Waals surface area contributed by atoms with Crippen molar-refractivity contribution in [1.82, 2.24) is 5.32 Å². The molecule has 1 saturated carbocycles. The second-order valence-electron chi connectivity index (χ2n) is 5.22. The molecule has 1 aromatic carbocycles. The van der Waals surface area contributed by atoms with Crippen LogP contribution in [0.5, 0.6) is 0 Å². The molecule has 3 unspecified atom stereocenters. The maximum Gasteiger partial charge on any atom is 0.0101 e. The van der Waals surface area contributed by atoms with Gasteiger partial charge in [0.2, 0.25) is 0 Å². The molecule has 1 nitrogen and oxygen atoms in total. The monoisotopic (exact) mass is 231 g/mol. The van der Waals surface area contributed by atoms with Gasteiger partial charge in [-0.25, -0.2) is 0 Å². The lowest BCUT2D eigenvalue weighted by Gasteiger charge is -2.17. The Morgan fingerprint density at radius 3 is 2.65 bits per heavy atom. The van der Waals surface area contributed by atoms with Crippen LogP contribution in [0.2, 0.25) is 0 Å². The molecule has 1 aliphatic rings. The number of rotatable bonds is 7. The third kappa shape index (κ3) is 3.32. The number of benzene rings is 1. The molecule has 1 heteroatoms. The van der Waals surface area contributed by atoms with Crippen molar-refractivity contribution in [2.75, 3.05) is 6.54 Å². The Labute approximate surface area is 106 Å². The topological polar surface area (TPSA) is 12.0 Å². The molecule has 0 heterocycles. The first-order chi connectivity index (χ1) is 8.36. The summed E-state index contributed by atoms with van der Waals surface area (Å²) in [5.74, 6) is 1.70. The molecule has 94 valence electrons. The van der Waals surface area contributed by atoms with Gasteiger partial charge in [-0.2, -0.15) is 0 Å². The summed E-state index contributed by atoms with van der Waals surface area (Å²) in [5, 5.41) is 3.68. The molecule has 17 heavy (non-hydrogen) atoms. The van der Waals surface area contributed by atoms with Crippen LogP contribution in [-0.4, -0.2) is 12.6 Å². The highest BCUT2D eigenvalue weighted by molar-refractivity contribution is 5.26. The molecule has 1 fully saturated rings. The lowest BCUT2D eigenvalue weighted by molar-refractivity contribution is 0.426. The summed E-state index contributed by atoms with van der Waals surface area (Å²) < 4.78 is 0. The van der Waals surface area contributed by atoms with Crippen molar-refractivity contribution < 1.29 is 0 Å². The Kier molecular flexibility index (Phi) is 4.61. The normalized spacial score (nSPS) is 24.6. The molecule has 1 N–H and O–H groups in total. The first kappa shape index (κ1) is 12.6. The van der Waals surface area contributed by atoms with Crippen LogP contribution < -0.4 is 5.32 Å². The van der Waals surface area contributed by atoms with Gasteiger partial charge < -0.3 is 5.32 Å². The van der Waals surface area contributed by atoms with Gasteiger partial charge in [0.1, 0.15) is 0 Å². The fraction of sp³-hybridized carbons (Fsp3) is 0.625. The molecule has 3 atom stereocenters. The first-order valence-corrected chi connectivity index (χ1v) is 7.15. The van der Waals surface area contributed by atoms with E-state index in [1.807, 2.05) is 0 Å². The smallest absolute Gasteiger partial charge is 0.0101 e. The molecule has 0 radical (unpaired) electrons. The van der Waals surface area contributed by atoms with Gasteiger partial charge in [0.05, 0.1) is 0 Å². The second kappa shape index (κ2) is 6.20. The Bertz CT molecular complexity index is 320. The zero-order valence-electron chi connectivity index (χ0n) is 11.2. The zero-order chi connectivity index (χ0) is 12.1. The van der Waals surface area contributed by atoms with Crippen LogP contribution in [0, 0.1) is 5.92 Å². The summed E-state index contributed by atoms with van der Waals surface area (Å²) in [7, 11) is 0. The zero-order valence-corrected chi connectivity index (χ0v) is 11.2. The Balaban J connectivity index is 1.90. The lowest BCUT2D eigenvalue weighted by Crippen LogP contribution is -2.31. The predicted octanol–water partition coefficient (Wildman–Crippen LogP) is 3.96. The summed E-state index contributed by atoms with van der Waals surface area (Å²) >= 11 is 0. The van der Waals surface area contributed by atoms with E-state index in [9.17, 15) is 0 Å². The van der Waals surface area contributed by atoms with Crippen LogP contribution in [-0.2, 0) is 0 Å². The average Bonchev–Trinajstić information content (AvgIpc) is 3.16. The third-order valence-electron chi connectivity index (χ3n) is 3.92. The van der Waals surface area contributed by atoms with Gasteiger partial charge in [-0.3, -0.25) is 0 Å². The molecule has 2 rings (SSSR count). The van der Waals surface area contributed by atoms with Crippen molar-refractivity contribution >= 4 is 0 Å². The van der Waals surface area contributed by atoms with Gasteiger partial charge in [0.25, 0.3) is 0 Å². The molecule has 0 bridgehead atoms. The molecule has 1 aliphatic carbocycles. The predicted molar refractivity (Wildman–Crippen MR) is 74.3 cm³/mol. The van der Waals surface area contributed by atoms with Gasteiger partial charge in [-0.05, 0) is 36.8 Å². The van der Waals surface area contributed by atoms with Gasteiger partial charge in [0.15, 0.2) is 0 Å². The van der Waals surface area contributed by atoms with Crippen molar-refractivity contribution in [3.63, 3.8) is 0 Å². The van der Waals surface area contributed by atoms with Crippen molar-refractivity contribution in [2.24, 2.45) is 5.92 Å². The molecule has 0 spiro atoms. The van der Waals surface area contributed by atoms with Crippen LogP contribution in [0.4, 0.5) is 0 Å². The van der Waals surface area contributed by atoms with E-state index in [0.717, 1.165) is 24.4 Å². The van der Waals surface area contributed by atoms with Gasteiger partial charge in [-0.15, -0.1) is 0 Å². The number of hydrogen-bond donors (Lipinski definition) is 1. The van der Waals surface area contributed by atoms with E-state index in [1.165, 1.54) is 31.2 Å². The SMILES string of the molecule is CCCCC(NCC)C1CC1c1ccccc1. The average molecular weight is 231 g/mol. The highest BCUT2D eigenvalue weighted by atomic mass is 14.9. The summed E-state index contributed by atoms with van der Waals surface area (Å²) in [6.07, 6.45) is 5.39. The van der Waals surface area contributed by atoms with E-state index in [4.69, 9.17) is 0 Å². The molecular weight excluding hydrogens is 206 g/mol. The van der Waals surface area contributed by atoms with Crippen molar-refractivity contribution in [3.05, 3.63) is 35.9 Å². The first-order valence-electron chi connectivity index (χ1n) is 7.15. The van der Waals surface area contributed by atoms with Crippen molar-refractivity contribution in [2.45, 2.75) is 51.5 Å². The van der Waals surface area contributed by atoms with E-state index in [0.29, 0.717) is 0 Å². The Hall–Kier alpha value is -0.820. The highest BCUT2D eigenvalue weighted by Crippen LogP contribution is 2.50. The molecular formula is C16H25N. The molecule has 0 saturated heterocycles. The minimum absolute atomic E-state index is 0.741. The van der Waals surface area contributed by atoms with Gasteiger partial charge >= 0.3 is 0 Å². The van der Waals surface area contributed by atoms with E-state index in [-0.39, 0.29) is 0 Å². The quantitative estimate of drug-likeness (QED) is 0.749. The lowest BCUT2D eigenvalue weighted by atomic mass is 10.0. The van der Waals surface area contributed by atoms with E-state index >= 15 is 0 Å². The maximum atomic E-state index is 3.68. The van der Waals surface area contributed by atoms with E-state index < -0.39 is 0 Å². The molecule has 0 aromatic heterocycles. The van der Waals surface area contributed by atoms with Gasteiger partial charge in [-0.1, -0.05) is 57.0 Å². The number of hydrogen-bond acceptors (Lipinski definition) is 1. The largest absolute Gasteiger partial charge is 0.314 e. The van der Waals surface area contributed by atoms with Crippen LogP contribution in [0.1, 0.15) is 51.0 Å². The minimum atomic E-state index is 0.741. The summed E-state index contributed by atoms with van der Waals surface area (Å²) in [5.41, 5.74) is 1.54. The summed E-state index contributed by atoms with van der Waals surface area (Å²) in [4.78, 5) is 0. The fourth-order valence-electron chi connectivity index (χ4n) is 2.90. The van der Waals surface area contributed by atoms with Crippen LogP contribution in [0.3, 0.4) is 0 Å². The molecule has 0 aliphatic heterocycles. The van der Waals surface area contributed by atoms with Crippen molar-refractivity contribution in [1.29, 1.82) is 0 Å².